The highest BCUT2D eigenvalue weighted by molar-refractivity contribution is 5.81. The van der Waals surface area contributed by atoms with Crippen molar-refractivity contribution < 1.29 is 4.79 Å². The number of hydrogen-bond donors (Lipinski definition) is 1. The minimum Gasteiger partial charge on any atom is -0.369 e. The van der Waals surface area contributed by atoms with Gasteiger partial charge in [0.25, 0.3) is 0 Å². The summed E-state index contributed by atoms with van der Waals surface area (Å²) in [7, 11) is 0. The van der Waals surface area contributed by atoms with Crippen LogP contribution in [0.25, 0.3) is 0 Å². The van der Waals surface area contributed by atoms with E-state index in [9.17, 15) is 4.79 Å². The van der Waals surface area contributed by atoms with Crippen molar-refractivity contribution in [3.05, 3.63) is 35.9 Å². The standard InChI is InChI=1S/C14H20N2O/c15-14(17)13(12-6-2-1-3-7-12)8-11-16-9-4-5-10-16/h1-3,6-7,13H,4-5,8-11H2,(H2,15,17). The Labute approximate surface area is 103 Å². The van der Waals surface area contributed by atoms with Gasteiger partial charge in [-0.25, -0.2) is 0 Å². The first-order valence-electron chi connectivity index (χ1n) is 6.34. The third kappa shape index (κ3) is 3.30. The van der Waals surface area contributed by atoms with Crippen LogP contribution in [0.15, 0.2) is 30.3 Å². The second kappa shape index (κ2) is 5.82. The molecule has 1 fully saturated rings. The van der Waals surface area contributed by atoms with Crippen LogP contribution in [0.3, 0.4) is 0 Å². The zero-order valence-electron chi connectivity index (χ0n) is 10.1. The summed E-state index contributed by atoms with van der Waals surface area (Å²) in [6, 6.07) is 9.85. The fraction of sp³-hybridized carbons (Fsp3) is 0.500. The fourth-order valence-corrected chi connectivity index (χ4v) is 2.48. The van der Waals surface area contributed by atoms with E-state index in [1.165, 1.54) is 25.9 Å². The van der Waals surface area contributed by atoms with Crippen LogP contribution in [0.2, 0.25) is 0 Å². The van der Waals surface area contributed by atoms with Crippen LogP contribution in [0.1, 0.15) is 30.7 Å². The molecule has 1 aromatic carbocycles. The van der Waals surface area contributed by atoms with E-state index >= 15 is 0 Å². The van der Waals surface area contributed by atoms with Crippen LogP contribution >= 0.6 is 0 Å². The molecule has 0 saturated carbocycles. The van der Waals surface area contributed by atoms with Gasteiger partial charge in [-0.2, -0.15) is 0 Å². The normalized spacial score (nSPS) is 18.1. The van der Waals surface area contributed by atoms with Crippen molar-refractivity contribution >= 4 is 5.91 Å². The van der Waals surface area contributed by atoms with Gasteiger partial charge in [-0.1, -0.05) is 30.3 Å². The molecule has 0 aliphatic carbocycles. The summed E-state index contributed by atoms with van der Waals surface area (Å²) in [5.41, 5.74) is 6.54. The van der Waals surface area contributed by atoms with Crippen molar-refractivity contribution in [2.45, 2.75) is 25.2 Å². The van der Waals surface area contributed by atoms with Crippen LogP contribution in [-0.4, -0.2) is 30.4 Å². The van der Waals surface area contributed by atoms with Crippen LogP contribution in [0.4, 0.5) is 0 Å². The molecule has 1 amide bonds. The summed E-state index contributed by atoms with van der Waals surface area (Å²) in [5, 5.41) is 0. The summed E-state index contributed by atoms with van der Waals surface area (Å²) in [4.78, 5) is 13.9. The Balaban J connectivity index is 1.95. The molecule has 1 aliphatic heterocycles. The molecular weight excluding hydrogens is 212 g/mol. The Kier molecular flexibility index (Phi) is 4.15. The van der Waals surface area contributed by atoms with Crippen molar-refractivity contribution in [3.8, 4) is 0 Å². The molecule has 3 heteroatoms. The highest BCUT2D eigenvalue weighted by atomic mass is 16.1. The average molecular weight is 232 g/mol. The lowest BCUT2D eigenvalue weighted by Gasteiger charge is -2.19. The van der Waals surface area contributed by atoms with Gasteiger partial charge < -0.3 is 10.6 Å². The lowest BCUT2D eigenvalue weighted by Crippen LogP contribution is -2.27. The molecule has 0 radical (unpaired) electrons. The highest BCUT2D eigenvalue weighted by Crippen LogP contribution is 2.20. The lowest BCUT2D eigenvalue weighted by atomic mass is 9.95. The largest absolute Gasteiger partial charge is 0.369 e. The highest BCUT2D eigenvalue weighted by Gasteiger charge is 2.20. The third-order valence-corrected chi connectivity index (χ3v) is 3.48. The Hall–Kier alpha value is -1.35. The maximum absolute atomic E-state index is 11.5. The molecule has 1 aromatic rings. The second-order valence-corrected chi connectivity index (χ2v) is 4.70. The minimum atomic E-state index is -0.213. The van der Waals surface area contributed by atoms with E-state index in [1.54, 1.807) is 0 Å². The first kappa shape index (κ1) is 12.1. The van der Waals surface area contributed by atoms with Gasteiger partial charge in [-0.15, -0.1) is 0 Å². The van der Waals surface area contributed by atoms with Crippen LogP contribution in [0.5, 0.6) is 0 Å². The zero-order valence-corrected chi connectivity index (χ0v) is 10.1. The topological polar surface area (TPSA) is 46.3 Å². The number of primary amides is 1. The first-order valence-corrected chi connectivity index (χ1v) is 6.34. The number of carbonyl (C=O) groups excluding carboxylic acids is 1. The van der Waals surface area contributed by atoms with Crippen molar-refractivity contribution in [2.75, 3.05) is 19.6 Å². The van der Waals surface area contributed by atoms with Gasteiger partial charge in [0.05, 0.1) is 5.92 Å². The molecule has 3 nitrogen and oxygen atoms in total. The number of likely N-dealkylation sites (tertiary alicyclic amines) is 1. The molecule has 92 valence electrons. The summed E-state index contributed by atoms with van der Waals surface area (Å²) in [6.07, 6.45) is 3.40. The second-order valence-electron chi connectivity index (χ2n) is 4.70. The van der Waals surface area contributed by atoms with Gasteiger partial charge in [-0.3, -0.25) is 4.79 Å². The van der Waals surface area contributed by atoms with E-state index in [1.807, 2.05) is 30.3 Å². The Morgan fingerprint density at radius 1 is 1.24 bits per heavy atom. The van der Waals surface area contributed by atoms with E-state index in [-0.39, 0.29) is 11.8 Å². The van der Waals surface area contributed by atoms with Crippen molar-refractivity contribution in [2.24, 2.45) is 5.73 Å². The van der Waals surface area contributed by atoms with Gasteiger partial charge in [-0.05, 0) is 44.5 Å². The predicted octanol–water partition coefficient (Wildman–Crippen LogP) is 1.74. The molecule has 17 heavy (non-hydrogen) atoms. The number of nitrogens with two attached hydrogens (primary N) is 1. The SMILES string of the molecule is NC(=O)C(CCN1CCCC1)c1ccccc1. The van der Waals surface area contributed by atoms with E-state index < -0.39 is 0 Å². The summed E-state index contributed by atoms with van der Waals surface area (Å²) < 4.78 is 0. The monoisotopic (exact) mass is 232 g/mol. The average Bonchev–Trinajstić information content (AvgIpc) is 2.83. The Morgan fingerprint density at radius 2 is 1.88 bits per heavy atom. The van der Waals surface area contributed by atoms with Gasteiger partial charge in [0.2, 0.25) is 5.91 Å². The molecule has 1 aliphatic rings. The fourth-order valence-electron chi connectivity index (χ4n) is 2.48. The molecule has 2 rings (SSSR count). The number of rotatable bonds is 5. The summed E-state index contributed by atoms with van der Waals surface area (Å²) in [6.45, 7) is 3.31. The van der Waals surface area contributed by atoms with Gasteiger partial charge in [0.1, 0.15) is 0 Å². The van der Waals surface area contributed by atoms with Gasteiger partial charge in [0, 0.05) is 0 Å². The molecule has 2 N–H and O–H groups in total. The molecule has 1 saturated heterocycles. The maximum atomic E-state index is 11.5. The smallest absolute Gasteiger partial charge is 0.225 e. The third-order valence-electron chi connectivity index (χ3n) is 3.48. The molecule has 1 atom stereocenters. The molecule has 0 bridgehead atoms. The Morgan fingerprint density at radius 3 is 2.47 bits per heavy atom. The Bertz CT molecular complexity index is 358. The summed E-state index contributed by atoms with van der Waals surface area (Å²) >= 11 is 0. The van der Waals surface area contributed by atoms with E-state index in [4.69, 9.17) is 5.73 Å². The molecule has 0 aromatic heterocycles. The van der Waals surface area contributed by atoms with Crippen molar-refractivity contribution in [1.82, 2.24) is 4.90 Å². The van der Waals surface area contributed by atoms with E-state index in [0.29, 0.717) is 0 Å². The van der Waals surface area contributed by atoms with Crippen LogP contribution in [0, 0.1) is 0 Å². The van der Waals surface area contributed by atoms with Gasteiger partial charge in [0.15, 0.2) is 0 Å². The molecule has 1 unspecified atom stereocenters. The number of benzene rings is 1. The van der Waals surface area contributed by atoms with Crippen LogP contribution in [-0.2, 0) is 4.79 Å². The zero-order chi connectivity index (χ0) is 12.1. The summed E-state index contributed by atoms with van der Waals surface area (Å²) in [5.74, 6) is -0.354. The molecule has 0 spiro atoms. The van der Waals surface area contributed by atoms with Crippen molar-refractivity contribution in [3.63, 3.8) is 0 Å². The predicted molar refractivity (Wildman–Crippen MR) is 68.7 cm³/mol. The van der Waals surface area contributed by atoms with E-state index in [2.05, 4.69) is 4.90 Å². The number of amides is 1. The number of carbonyl (C=O) groups is 1. The van der Waals surface area contributed by atoms with Crippen LogP contribution < -0.4 is 5.73 Å². The minimum absolute atomic E-state index is 0.142. The number of nitrogens with zero attached hydrogens (tertiary/aromatic N) is 1. The maximum Gasteiger partial charge on any atom is 0.225 e. The number of hydrogen-bond acceptors (Lipinski definition) is 2. The van der Waals surface area contributed by atoms with Gasteiger partial charge >= 0.3 is 0 Å². The van der Waals surface area contributed by atoms with Crippen molar-refractivity contribution in [1.29, 1.82) is 0 Å². The van der Waals surface area contributed by atoms with E-state index in [0.717, 1.165) is 18.5 Å². The molecular formula is C14H20N2O. The lowest BCUT2D eigenvalue weighted by molar-refractivity contribution is -0.119. The molecule has 1 heterocycles. The quantitative estimate of drug-likeness (QED) is 0.840. The first-order chi connectivity index (χ1) is 8.27.